The molecule has 0 saturated heterocycles. The summed E-state index contributed by atoms with van der Waals surface area (Å²) in [7, 11) is 1.77. The minimum absolute atomic E-state index is 0.125. The summed E-state index contributed by atoms with van der Waals surface area (Å²) in [5, 5.41) is 6.62. The number of aryl methyl sites for hydroxylation is 1. The molecule has 0 aliphatic heterocycles. The Morgan fingerprint density at radius 2 is 2.20 bits per heavy atom. The molecule has 0 aromatic carbocycles. The molecule has 15 heavy (non-hydrogen) atoms. The molecule has 84 valence electrons. The van der Waals surface area contributed by atoms with Crippen LogP contribution in [0.15, 0.2) is 0 Å². The monoisotopic (exact) mass is 210 g/mol. The van der Waals surface area contributed by atoms with E-state index >= 15 is 0 Å². The molecule has 1 aromatic rings. The van der Waals surface area contributed by atoms with E-state index in [-0.39, 0.29) is 11.7 Å². The van der Waals surface area contributed by atoms with Gasteiger partial charge in [0, 0.05) is 20.0 Å². The highest BCUT2D eigenvalue weighted by Crippen LogP contribution is 2.02. The third-order valence-corrected chi connectivity index (χ3v) is 2.04. The fraction of sp³-hybridized carbons (Fsp3) is 0.700. The van der Waals surface area contributed by atoms with Gasteiger partial charge in [-0.1, -0.05) is 20.8 Å². The van der Waals surface area contributed by atoms with Crippen molar-refractivity contribution in [3.8, 4) is 0 Å². The minimum Gasteiger partial charge on any atom is -0.339 e. The average Bonchev–Trinajstić information content (AvgIpc) is 2.63. The van der Waals surface area contributed by atoms with E-state index in [0.717, 1.165) is 18.8 Å². The average molecular weight is 210 g/mol. The Balaban J connectivity index is 2.67. The topological polar surface area (TPSA) is 61.9 Å². The summed E-state index contributed by atoms with van der Waals surface area (Å²) in [6.07, 6.45) is 0.758. The van der Waals surface area contributed by atoms with Gasteiger partial charge in [-0.2, -0.15) is 0 Å². The van der Waals surface area contributed by atoms with Crippen molar-refractivity contribution >= 4 is 5.91 Å². The fourth-order valence-corrected chi connectivity index (χ4v) is 1.35. The predicted octanol–water partition coefficient (Wildman–Crippen LogP) is 1.10. The number of hydrogen-bond donors (Lipinski definition) is 1. The van der Waals surface area contributed by atoms with Crippen molar-refractivity contribution in [3.05, 3.63) is 11.6 Å². The van der Waals surface area contributed by atoms with E-state index in [2.05, 4.69) is 29.0 Å². The first-order valence-electron chi connectivity index (χ1n) is 5.21. The summed E-state index contributed by atoms with van der Waals surface area (Å²) in [6.45, 7) is 6.82. The lowest BCUT2D eigenvalue weighted by Gasteiger charge is -2.17. The van der Waals surface area contributed by atoms with Gasteiger partial charge in [-0.15, -0.1) is 5.10 Å². The molecule has 0 unspecified atom stereocenters. The van der Waals surface area contributed by atoms with Gasteiger partial charge in [0.2, 0.25) is 5.82 Å². The third-order valence-electron chi connectivity index (χ3n) is 2.04. The number of rotatable bonds is 4. The molecule has 1 rings (SSSR count). The van der Waals surface area contributed by atoms with Gasteiger partial charge in [0.15, 0.2) is 0 Å². The van der Waals surface area contributed by atoms with Crippen LogP contribution in [0.5, 0.6) is 0 Å². The number of amides is 1. The van der Waals surface area contributed by atoms with Gasteiger partial charge in [0.1, 0.15) is 5.82 Å². The maximum Gasteiger partial charge on any atom is 0.293 e. The van der Waals surface area contributed by atoms with Crippen LogP contribution in [0.3, 0.4) is 0 Å². The van der Waals surface area contributed by atoms with Crippen LogP contribution in [-0.2, 0) is 6.42 Å². The molecular weight excluding hydrogens is 192 g/mol. The van der Waals surface area contributed by atoms with Crippen molar-refractivity contribution in [2.24, 2.45) is 5.92 Å². The molecule has 0 fully saturated rings. The summed E-state index contributed by atoms with van der Waals surface area (Å²) >= 11 is 0. The lowest BCUT2D eigenvalue weighted by atomic mass is 10.2. The second-order valence-electron chi connectivity index (χ2n) is 4.04. The number of nitrogens with zero attached hydrogens (tertiary/aromatic N) is 3. The Bertz CT molecular complexity index is 332. The second kappa shape index (κ2) is 4.91. The Labute approximate surface area is 89.9 Å². The molecule has 1 N–H and O–H groups in total. The van der Waals surface area contributed by atoms with Crippen molar-refractivity contribution in [1.29, 1.82) is 0 Å². The summed E-state index contributed by atoms with van der Waals surface area (Å²) in [6, 6.07) is 0. The first kappa shape index (κ1) is 11.7. The van der Waals surface area contributed by atoms with E-state index in [4.69, 9.17) is 0 Å². The van der Waals surface area contributed by atoms with Crippen LogP contribution < -0.4 is 0 Å². The van der Waals surface area contributed by atoms with Gasteiger partial charge >= 0.3 is 0 Å². The number of hydrogen-bond acceptors (Lipinski definition) is 3. The van der Waals surface area contributed by atoms with E-state index < -0.39 is 0 Å². The molecule has 0 aliphatic carbocycles. The molecule has 0 aliphatic rings. The molecule has 0 bridgehead atoms. The number of nitrogens with one attached hydrogen (secondary N) is 1. The zero-order valence-electron chi connectivity index (χ0n) is 9.74. The third kappa shape index (κ3) is 3.04. The highest BCUT2D eigenvalue weighted by molar-refractivity contribution is 5.90. The van der Waals surface area contributed by atoms with Crippen molar-refractivity contribution in [1.82, 2.24) is 20.1 Å². The number of carbonyl (C=O) groups excluding carboxylic acids is 1. The lowest BCUT2D eigenvalue weighted by Crippen LogP contribution is -2.31. The van der Waals surface area contributed by atoms with Crippen LogP contribution >= 0.6 is 0 Å². The Morgan fingerprint density at radius 1 is 1.53 bits per heavy atom. The summed E-state index contributed by atoms with van der Waals surface area (Å²) in [5.41, 5.74) is 0. The van der Waals surface area contributed by atoms with Gasteiger partial charge < -0.3 is 4.90 Å². The van der Waals surface area contributed by atoms with E-state index in [1.54, 1.807) is 11.9 Å². The van der Waals surface area contributed by atoms with E-state index in [9.17, 15) is 4.79 Å². The van der Waals surface area contributed by atoms with Crippen LogP contribution in [0, 0.1) is 5.92 Å². The molecule has 0 saturated carbocycles. The lowest BCUT2D eigenvalue weighted by molar-refractivity contribution is 0.0767. The second-order valence-corrected chi connectivity index (χ2v) is 4.04. The van der Waals surface area contributed by atoms with Crippen LogP contribution in [0.1, 0.15) is 37.2 Å². The van der Waals surface area contributed by atoms with E-state index in [0.29, 0.717) is 5.92 Å². The zero-order valence-corrected chi connectivity index (χ0v) is 9.74. The van der Waals surface area contributed by atoms with Crippen molar-refractivity contribution in [2.75, 3.05) is 13.6 Å². The molecule has 5 heteroatoms. The van der Waals surface area contributed by atoms with Crippen LogP contribution in [0.4, 0.5) is 0 Å². The molecule has 0 radical (unpaired) electrons. The van der Waals surface area contributed by atoms with Crippen molar-refractivity contribution in [2.45, 2.75) is 27.2 Å². The number of aromatic nitrogens is 3. The molecular formula is C10H18N4O. The maximum absolute atomic E-state index is 11.8. The number of carbonyl (C=O) groups is 1. The number of aromatic amines is 1. The normalized spacial score (nSPS) is 10.7. The molecule has 5 nitrogen and oxygen atoms in total. The van der Waals surface area contributed by atoms with Crippen LogP contribution in [-0.4, -0.2) is 39.6 Å². The molecule has 0 spiro atoms. The molecule has 1 heterocycles. The highest BCUT2D eigenvalue weighted by Gasteiger charge is 2.17. The largest absolute Gasteiger partial charge is 0.339 e. The summed E-state index contributed by atoms with van der Waals surface area (Å²) in [5.74, 6) is 1.33. The fourth-order valence-electron chi connectivity index (χ4n) is 1.35. The summed E-state index contributed by atoms with van der Waals surface area (Å²) < 4.78 is 0. The predicted molar refractivity (Wildman–Crippen MR) is 57.6 cm³/mol. The van der Waals surface area contributed by atoms with E-state index in [1.165, 1.54) is 0 Å². The maximum atomic E-state index is 11.8. The quantitative estimate of drug-likeness (QED) is 0.809. The van der Waals surface area contributed by atoms with Crippen LogP contribution in [0.25, 0.3) is 0 Å². The molecule has 0 atom stereocenters. The molecule has 1 amide bonds. The van der Waals surface area contributed by atoms with Gasteiger partial charge in [-0.3, -0.25) is 9.89 Å². The minimum atomic E-state index is -0.125. The smallest absolute Gasteiger partial charge is 0.293 e. The molecule has 1 aromatic heterocycles. The van der Waals surface area contributed by atoms with Gasteiger partial charge in [-0.25, -0.2) is 4.98 Å². The first-order valence-corrected chi connectivity index (χ1v) is 5.21. The Morgan fingerprint density at radius 3 is 2.67 bits per heavy atom. The Kier molecular flexibility index (Phi) is 3.82. The standard InChI is InChI=1S/C10H18N4O/c1-5-8-11-9(13-12-8)10(15)14(4)6-7(2)3/h7H,5-6H2,1-4H3,(H,11,12,13). The summed E-state index contributed by atoms with van der Waals surface area (Å²) in [4.78, 5) is 17.5. The number of H-pyrrole nitrogens is 1. The highest BCUT2D eigenvalue weighted by atomic mass is 16.2. The zero-order chi connectivity index (χ0) is 11.4. The van der Waals surface area contributed by atoms with E-state index in [1.807, 2.05) is 6.92 Å². The first-order chi connectivity index (χ1) is 7.04. The SMILES string of the molecule is CCc1nc(C(=O)N(C)CC(C)C)n[nH]1. The van der Waals surface area contributed by atoms with Gasteiger partial charge in [0.05, 0.1) is 0 Å². The van der Waals surface area contributed by atoms with Crippen molar-refractivity contribution < 1.29 is 4.79 Å². The van der Waals surface area contributed by atoms with Gasteiger partial charge in [-0.05, 0) is 5.92 Å². The van der Waals surface area contributed by atoms with Crippen LogP contribution in [0.2, 0.25) is 0 Å². The Hall–Kier alpha value is -1.39. The van der Waals surface area contributed by atoms with Crippen molar-refractivity contribution in [3.63, 3.8) is 0 Å². The van der Waals surface area contributed by atoms with Gasteiger partial charge in [0.25, 0.3) is 5.91 Å².